The molecule has 0 aliphatic carbocycles. The van der Waals surface area contributed by atoms with Crippen molar-refractivity contribution in [2.24, 2.45) is 0 Å². The van der Waals surface area contributed by atoms with E-state index in [-0.39, 0.29) is 0 Å². The minimum Gasteiger partial charge on any atom is -0.379 e. The van der Waals surface area contributed by atoms with Crippen LogP contribution in [-0.4, -0.2) is 30.4 Å². The van der Waals surface area contributed by atoms with E-state index in [9.17, 15) is 0 Å². The summed E-state index contributed by atoms with van der Waals surface area (Å²) in [6.45, 7) is 7.95. The van der Waals surface area contributed by atoms with Crippen LogP contribution in [0.25, 0.3) is 10.9 Å². The van der Waals surface area contributed by atoms with Crippen LogP contribution in [0.2, 0.25) is 0 Å². The number of hydrogen-bond donors (Lipinski definition) is 1. The van der Waals surface area contributed by atoms with Crippen LogP contribution in [-0.2, 0) is 11.3 Å². The van der Waals surface area contributed by atoms with Crippen molar-refractivity contribution in [1.82, 2.24) is 9.88 Å². The first-order valence-corrected chi connectivity index (χ1v) is 8.03. The number of fused-ring (bicyclic) bond motifs is 1. The van der Waals surface area contributed by atoms with Crippen LogP contribution in [0.5, 0.6) is 0 Å². The smallest absolute Gasteiger partial charge is 0.0518 e. The Hall–Kier alpha value is -0.840. The van der Waals surface area contributed by atoms with Crippen LogP contribution in [0.1, 0.15) is 20.3 Å². The van der Waals surface area contributed by atoms with Gasteiger partial charge in [-0.05, 0) is 48.8 Å². The molecule has 0 saturated carbocycles. The van der Waals surface area contributed by atoms with Crippen molar-refractivity contribution >= 4 is 26.8 Å². The zero-order valence-corrected chi connectivity index (χ0v) is 13.8. The van der Waals surface area contributed by atoms with Crippen molar-refractivity contribution in [1.29, 1.82) is 0 Å². The van der Waals surface area contributed by atoms with E-state index >= 15 is 0 Å². The molecule has 0 aliphatic rings. The first-order chi connectivity index (χ1) is 9.68. The van der Waals surface area contributed by atoms with E-state index in [1.807, 2.05) is 0 Å². The fourth-order valence-electron chi connectivity index (χ4n) is 2.23. The Bertz CT molecular complexity index is 536. The highest BCUT2D eigenvalue weighted by Crippen LogP contribution is 2.25. The van der Waals surface area contributed by atoms with Crippen LogP contribution < -0.4 is 5.32 Å². The third-order valence-corrected chi connectivity index (χ3v) is 3.85. The molecule has 0 aliphatic heterocycles. The van der Waals surface area contributed by atoms with Crippen molar-refractivity contribution in [3.05, 3.63) is 34.9 Å². The summed E-state index contributed by atoms with van der Waals surface area (Å²) in [6, 6.07) is 8.47. The van der Waals surface area contributed by atoms with Crippen LogP contribution in [0.15, 0.2) is 34.9 Å². The number of aromatic nitrogens is 1. The van der Waals surface area contributed by atoms with Crippen LogP contribution in [0.4, 0.5) is 0 Å². The zero-order valence-electron chi connectivity index (χ0n) is 12.2. The molecule has 1 aromatic carbocycles. The van der Waals surface area contributed by atoms with E-state index in [1.54, 1.807) is 0 Å². The SMILES string of the molecule is CC(C)OCCCNCCn1cc(Br)c2ccccc21. The van der Waals surface area contributed by atoms with Crippen LogP contribution >= 0.6 is 15.9 Å². The average molecular weight is 339 g/mol. The maximum absolute atomic E-state index is 5.52. The Morgan fingerprint density at radius 1 is 1.25 bits per heavy atom. The van der Waals surface area contributed by atoms with Crippen molar-refractivity contribution in [2.45, 2.75) is 32.9 Å². The van der Waals surface area contributed by atoms with E-state index in [1.165, 1.54) is 15.4 Å². The lowest BCUT2D eigenvalue weighted by molar-refractivity contribution is 0.0771. The predicted octanol–water partition coefficient (Wildman–Crippen LogP) is 3.81. The number of para-hydroxylation sites is 1. The Labute approximate surface area is 129 Å². The topological polar surface area (TPSA) is 26.2 Å². The van der Waals surface area contributed by atoms with Gasteiger partial charge in [0, 0.05) is 41.3 Å². The standard InChI is InChI=1S/C16H23BrN2O/c1-13(2)20-11-5-8-18-9-10-19-12-15(17)14-6-3-4-7-16(14)19/h3-4,6-7,12-13,18H,5,8-11H2,1-2H3. The van der Waals surface area contributed by atoms with Crippen molar-refractivity contribution in [3.8, 4) is 0 Å². The Morgan fingerprint density at radius 2 is 2.05 bits per heavy atom. The molecule has 0 spiro atoms. The van der Waals surface area contributed by atoms with Gasteiger partial charge in [0.25, 0.3) is 0 Å². The number of nitrogens with zero attached hydrogens (tertiary/aromatic N) is 1. The molecule has 0 bridgehead atoms. The molecule has 0 amide bonds. The second kappa shape index (κ2) is 7.81. The van der Waals surface area contributed by atoms with Crippen LogP contribution in [0, 0.1) is 0 Å². The van der Waals surface area contributed by atoms with E-state index in [0.717, 1.165) is 32.7 Å². The minimum atomic E-state index is 0.332. The fraction of sp³-hybridized carbons (Fsp3) is 0.500. The lowest BCUT2D eigenvalue weighted by Gasteiger charge is -2.09. The van der Waals surface area contributed by atoms with E-state index in [0.29, 0.717) is 6.10 Å². The molecule has 2 aromatic rings. The number of ether oxygens (including phenoxy) is 1. The molecular weight excluding hydrogens is 316 g/mol. The monoisotopic (exact) mass is 338 g/mol. The molecule has 20 heavy (non-hydrogen) atoms. The lowest BCUT2D eigenvalue weighted by atomic mass is 10.2. The molecule has 1 aromatic heterocycles. The molecular formula is C16H23BrN2O. The van der Waals surface area contributed by atoms with Gasteiger partial charge in [0.2, 0.25) is 0 Å². The summed E-state index contributed by atoms with van der Waals surface area (Å²) in [4.78, 5) is 0. The average Bonchev–Trinajstić information content (AvgIpc) is 2.75. The Morgan fingerprint density at radius 3 is 2.85 bits per heavy atom. The molecule has 0 unspecified atom stereocenters. The molecule has 110 valence electrons. The molecule has 0 radical (unpaired) electrons. The molecule has 3 nitrogen and oxygen atoms in total. The van der Waals surface area contributed by atoms with Gasteiger partial charge < -0.3 is 14.6 Å². The van der Waals surface area contributed by atoms with Crippen molar-refractivity contribution in [3.63, 3.8) is 0 Å². The number of nitrogens with one attached hydrogen (secondary N) is 1. The van der Waals surface area contributed by atoms with E-state index in [4.69, 9.17) is 4.74 Å². The van der Waals surface area contributed by atoms with Gasteiger partial charge in [0.05, 0.1) is 6.10 Å². The van der Waals surface area contributed by atoms with Crippen molar-refractivity contribution in [2.75, 3.05) is 19.7 Å². The van der Waals surface area contributed by atoms with Gasteiger partial charge in [0.15, 0.2) is 0 Å². The summed E-state index contributed by atoms with van der Waals surface area (Å²) >= 11 is 3.62. The van der Waals surface area contributed by atoms with E-state index < -0.39 is 0 Å². The highest BCUT2D eigenvalue weighted by molar-refractivity contribution is 9.10. The summed E-state index contributed by atoms with van der Waals surface area (Å²) in [7, 11) is 0. The highest BCUT2D eigenvalue weighted by Gasteiger charge is 2.04. The molecule has 0 atom stereocenters. The summed E-state index contributed by atoms with van der Waals surface area (Å²) in [5.41, 5.74) is 1.28. The van der Waals surface area contributed by atoms with Gasteiger partial charge in [-0.3, -0.25) is 0 Å². The molecule has 4 heteroatoms. The van der Waals surface area contributed by atoms with Gasteiger partial charge in [-0.2, -0.15) is 0 Å². The van der Waals surface area contributed by atoms with Gasteiger partial charge >= 0.3 is 0 Å². The second-order valence-corrected chi connectivity index (χ2v) is 6.07. The van der Waals surface area contributed by atoms with Gasteiger partial charge in [-0.25, -0.2) is 0 Å². The van der Waals surface area contributed by atoms with Gasteiger partial charge in [0.1, 0.15) is 0 Å². The summed E-state index contributed by atoms with van der Waals surface area (Å²) in [5, 5.41) is 4.74. The number of rotatable bonds is 8. The predicted molar refractivity (Wildman–Crippen MR) is 88.2 cm³/mol. The molecule has 1 heterocycles. The first kappa shape index (κ1) is 15.5. The highest BCUT2D eigenvalue weighted by atomic mass is 79.9. The zero-order chi connectivity index (χ0) is 14.4. The first-order valence-electron chi connectivity index (χ1n) is 7.24. The Kier molecular flexibility index (Phi) is 6.07. The largest absolute Gasteiger partial charge is 0.379 e. The third kappa shape index (κ3) is 4.33. The molecule has 1 N–H and O–H groups in total. The quantitative estimate of drug-likeness (QED) is 0.740. The third-order valence-electron chi connectivity index (χ3n) is 3.22. The maximum atomic E-state index is 5.52. The molecule has 2 rings (SSSR count). The number of halogens is 1. The summed E-state index contributed by atoms with van der Waals surface area (Å²) < 4.78 is 8.97. The van der Waals surface area contributed by atoms with Gasteiger partial charge in [-0.15, -0.1) is 0 Å². The maximum Gasteiger partial charge on any atom is 0.0518 e. The van der Waals surface area contributed by atoms with Gasteiger partial charge in [-0.1, -0.05) is 18.2 Å². The van der Waals surface area contributed by atoms with E-state index in [2.05, 4.69) is 70.1 Å². The number of hydrogen-bond acceptors (Lipinski definition) is 2. The Balaban J connectivity index is 1.74. The number of benzene rings is 1. The normalized spacial score (nSPS) is 11.6. The fourth-order valence-corrected chi connectivity index (χ4v) is 2.81. The van der Waals surface area contributed by atoms with Crippen molar-refractivity contribution < 1.29 is 4.74 Å². The van der Waals surface area contributed by atoms with Crippen LogP contribution in [0.3, 0.4) is 0 Å². The molecule has 0 saturated heterocycles. The second-order valence-electron chi connectivity index (χ2n) is 5.21. The summed E-state index contributed by atoms with van der Waals surface area (Å²) in [5.74, 6) is 0. The lowest BCUT2D eigenvalue weighted by Crippen LogP contribution is -2.22. The molecule has 0 fully saturated rings. The summed E-state index contributed by atoms with van der Waals surface area (Å²) in [6.07, 6.45) is 3.56. The minimum absolute atomic E-state index is 0.332.